The van der Waals surface area contributed by atoms with Gasteiger partial charge < -0.3 is 11.1 Å². The Balaban J connectivity index is 1.98. The molecule has 2 rings (SSSR count). The Morgan fingerprint density at radius 2 is 2.15 bits per heavy atom. The number of hydrogen-bond acceptors (Lipinski definition) is 4. The van der Waals surface area contributed by atoms with Crippen molar-refractivity contribution in [1.82, 2.24) is 5.32 Å². The first-order valence-corrected chi connectivity index (χ1v) is 6.84. The quantitative estimate of drug-likeness (QED) is 0.632. The summed E-state index contributed by atoms with van der Waals surface area (Å²) in [6.07, 6.45) is 3.85. The van der Waals surface area contributed by atoms with Gasteiger partial charge in [-0.1, -0.05) is 25.0 Å². The average Bonchev–Trinajstić information content (AvgIpc) is 2.45. The summed E-state index contributed by atoms with van der Waals surface area (Å²) in [7, 11) is 0. The number of nitrogens with one attached hydrogen (secondary N) is 1. The van der Waals surface area contributed by atoms with E-state index in [-0.39, 0.29) is 23.6 Å². The number of nitro benzene ring substituents is 1. The summed E-state index contributed by atoms with van der Waals surface area (Å²) < 4.78 is 0. The highest BCUT2D eigenvalue weighted by Crippen LogP contribution is 2.24. The number of rotatable bonds is 5. The Bertz CT molecular complexity index is 504. The van der Waals surface area contributed by atoms with Crippen LogP contribution in [0.5, 0.6) is 0 Å². The van der Waals surface area contributed by atoms with E-state index in [4.69, 9.17) is 5.73 Å². The molecule has 0 heterocycles. The smallest absolute Gasteiger partial charge is 0.269 e. The first-order chi connectivity index (χ1) is 9.58. The molecule has 0 spiro atoms. The molecule has 0 saturated heterocycles. The number of benzene rings is 1. The Labute approximate surface area is 117 Å². The van der Waals surface area contributed by atoms with Crippen molar-refractivity contribution in [2.75, 3.05) is 0 Å². The van der Waals surface area contributed by atoms with Crippen molar-refractivity contribution < 1.29 is 9.72 Å². The van der Waals surface area contributed by atoms with Crippen molar-refractivity contribution in [2.45, 2.75) is 38.3 Å². The summed E-state index contributed by atoms with van der Waals surface area (Å²) >= 11 is 0. The number of carbonyl (C=O) groups excluding carboxylic acids is 1. The molecule has 0 aromatic heterocycles. The maximum atomic E-state index is 11.4. The predicted molar refractivity (Wildman–Crippen MR) is 74.9 cm³/mol. The second-order valence-electron chi connectivity index (χ2n) is 5.21. The maximum Gasteiger partial charge on any atom is 0.269 e. The van der Waals surface area contributed by atoms with Crippen molar-refractivity contribution in [3.05, 3.63) is 39.9 Å². The molecule has 0 aliphatic heterocycles. The van der Waals surface area contributed by atoms with Crippen LogP contribution in [0.2, 0.25) is 0 Å². The standard InChI is InChI=1S/C14H19N3O3/c15-14(18)12-6-1-2-7-13(12)16-9-10-4-3-5-11(8-10)17(19)20/h3-5,8,12-13,16H,1-2,6-7,9H2,(H2,15,18)/t12-,13-/m1/s1. The Morgan fingerprint density at radius 3 is 2.85 bits per heavy atom. The molecule has 20 heavy (non-hydrogen) atoms. The molecule has 1 aliphatic carbocycles. The van der Waals surface area contributed by atoms with E-state index in [9.17, 15) is 14.9 Å². The fourth-order valence-corrected chi connectivity index (χ4v) is 2.74. The first-order valence-electron chi connectivity index (χ1n) is 6.84. The lowest BCUT2D eigenvalue weighted by atomic mass is 9.84. The van der Waals surface area contributed by atoms with Crippen LogP contribution >= 0.6 is 0 Å². The Kier molecular flexibility index (Phi) is 4.68. The van der Waals surface area contributed by atoms with E-state index in [1.165, 1.54) is 6.07 Å². The van der Waals surface area contributed by atoms with Gasteiger partial charge in [0.15, 0.2) is 0 Å². The van der Waals surface area contributed by atoms with Gasteiger partial charge in [-0.3, -0.25) is 14.9 Å². The molecule has 3 N–H and O–H groups in total. The van der Waals surface area contributed by atoms with Crippen molar-refractivity contribution in [3.63, 3.8) is 0 Å². The highest BCUT2D eigenvalue weighted by molar-refractivity contribution is 5.77. The van der Waals surface area contributed by atoms with Crippen LogP contribution in [0.1, 0.15) is 31.2 Å². The van der Waals surface area contributed by atoms with E-state index in [2.05, 4.69) is 5.32 Å². The lowest BCUT2D eigenvalue weighted by molar-refractivity contribution is -0.384. The van der Waals surface area contributed by atoms with Gasteiger partial charge in [0.1, 0.15) is 0 Å². The first kappa shape index (κ1) is 14.5. The third kappa shape index (κ3) is 3.54. The van der Waals surface area contributed by atoms with Gasteiger partial charge in [-0.2, -0.15) is 0 Å². The van der Waals surface area contributed by atoms with Crippen LogP contribution < -0.4 is 11.1 Å². The number of carbonyl (C=O) groups is 1. The summed E-state index contributed by atoms with van der Waals surface area (Å²) in [4.78, 5) is 21.7. The Hall–Kier alpha value is -1.95. The third-order valence-electron chi connectivity index (χ3n) is 3.82. The zero-order valence-corrected chi connectivity index (χ0v) is 11.2. The molecular weight excluding hydrogens is 258 g/mol. The van der Waals surface area contributed by atoms with E-state index in [0.717, 1.165) is 31.2 Å². The van der Waals surface area contributed by atoms with Crippen LogP contribution in [0.3, 0.4) is 0 Å². The molecule has 1 aromatic rings. The van der Waals surface area contributed by atoms with Crippen LogP contribution in [0.25, 0.3) is 0 Å². The lowest BCUT2D eigenvalue weighted by Crippen LogP contribution is -2.44. The summed E-state index contributed by atoms with van der Waals surface area (Å²) in [6.45, 7) is 0.510. The van der Waals surface area contributed by atoms with Crippen LogP contribution in [-0.2, 0) is 11.3 Å². The minimum atomic E-state index is -0.406. The van der Waals surface area contributed by atoms with Gasteiger partial charge in [0.25, 0.3) is 5.69 Å². The zero-order valence-electron chi connectivity index (χ0n) is 11.2. The molecule has 6 nitrogen and oxygen atoms in total. The molecule has 2 atom stereocenters. The molecular formula is C14H19N3O3. The van der Waals surface area contributed by atoms with E-state index >= 15 is 0 Å². The summed E-state index contributed by atoms with van der Waals surface area (Å²) in [5.41, 5.74) is 6.35. The number of non-ortho nitro benzene ring substituents is 1. The third-order valence-corrected chi connectivity index (χ3v) is 3.82. The van der Waals surface area contributed by atoms with Crippen LogP contribution in [0.4, 0.5) is 5.69 Å². The van der Waals surface area contributed by atoms with Crippen molar-refractivity contribution in [3.8, 4) is 0 Å². The monoisotopic (exact) mass is 277 g/mol. The summed E-state index contributed by atoms with van der Waals surface area (Å²) in [6, 6.07) is 6.59. The maximum absolute atomic E-state index is 11.4. The molecule has 0 bridgehead atoms. The molecule has 108 valence electrons. The van der Waals surface area contributed by atoms with Crippen LogP contribution in [0, 0.1) is 16.0 Å². The molecule has 1 amide bonds. The Morgan fingerprint density at radius 1 is 1.40 bits per heavy atom. The van der Waals surface area contributed by atoms with Crippen molar-refractivity contribution >= 4 is 11.6 Å². The largest absolute Gasteiger partial charge is 0.369 e. The van der Waals surface area contributed by atoms with Crippen LogP contribution in [0.15, 0.2) is 24.3 Å². The second-order valence-corrected chi connectivity index (χ2v) is 5.21. The van der Waals surface area contributed by atoms with Crippen molar-refractivity contribution in [2.24, 2.45) is 11.7 Å². The molecule has 1 aromatic carbocycles. The molecule has 6 heteroatoms. The topological polar surface area (TPSA) is 98.3 Å². The zero-order chi connectivity index (χ0) is 14.5. The molecule has 1 saturated carbocycles. The number of nitro groups is 1. The average molecular weight is 277 g/mol. The van der Waals surface area contributed by atoms with E-state index < -0.39 is 4.92 Å². The van der Waals surface area contributed by atoms with E-state index in [1.54, 1.807) is 12.1 Å². The van der Waals surface area contributed by atoms with Gasteiger partial charge in [-0.15, -0.1) is 0 Å². The normalized spacial score (nSPS) is 22.4. The van der Waals surface area contributed by atoms with Gasteiger partial charge in [-0.05, 0) is 18.4 Å². The second kappa shape index (κ2) is 6.47. The fourth-order valence-electron chi connectivity index (χ4n) is 2.74. The predicted octanol–water partition coefficient (Wildman–Crippen LogP) is 1.73. The van der Waals surface area contributed by atoms with E-state index in [0.29, 0.717) is 6.54 Å². The molecule has 1 aliphatic rings. The van der Waals surface area contributed by atoms with Gasteiger partial charge in [-0.25, -0.2) is 0 Å². The molecule has 0 unspecified atom stereocenters. The number of nitrogens with two attached hydrogens (primary N) is 1. The minimum Gasteiger partial charge on any atom is -0.369 e. The molecule has 0 radical (unpaired) electrons. The number of amides is 1. The minimum absolute atomic E-state index is 0.0699. The SMILES string of the molecule is NC(=O)[C@@H]1CCCC[C@H]1NCc1cccc([N+](=O)[O-])c1. The van der Waals surface area contributed by atoms with E-state index in [1.807, 2.05) is 6.07 Å². The molecule has 1 fully saturated rings. The summed E-state index contributed by atoms with van der Waals surface area (Å²) in [5, 5.41) is 14.0. The summed E-state index contributed by atoms with van der Waals surface area (Å²) in [5.74, 6) is -0.399. The number of hydrogen-bond donors (Lipinski definition) is 2. The number of primary amides is 1. The lowest BCUT2D eigenvalue weighted by Gasteiger charge is -2.30. The highest BCUT2D eigenvalue weighted by atomic mass is 16.6. The van der Waals surface area contributed by atoms with Gasteiger partial charge >= 0.3 is 0 Å². The van der Waals surface area contributed by atoms with Gasteiger partial charge in [0.05, 0.1) is 10.8 Å². The number of nitrogens with zero attached hydrogens (tertiary/aromatic N) is 1. The van der Waals surface area contributed by atoms with Crippen LogP contribution in [-0.4, -0.2) is 16.9 Å². The van der Waals surface area contributed by atoms with Gasteiger partial charge in [0, 0.05) is 24.7 Å². The highest BCUT2D eigenvalue weighted by Gasteiger charge is 2.28. The fraction of sp³-hybridized carbons (Fsp3) is 0.500. The van der Waals surface area contributed by atoms with Gasteiger partial charge in [0.2, 0.25) is 5.91 Å². The van der Waals surface area contributed by atoms with Crippen molar-refractivity contribution in [1.29, 1.82) is 0 Å².